The van der Waals surface area contributed by atoms with Crippen LogP contribution < -0.4 is 5.32 Å². The van der Waals surface area contributed by atoms with Crippen molar-refractivity contribution < 1.29 is 4.74 Å². The molecule has 3 rings (SSSR count). The second kappa shape index (κ2) is 8.48. The Bertz CT molecular complexity index is 482. The zero-order chi connectivity index (χ0) is 16.1. The van der Waals surface area contributed by atoms with Crippen molar-refractivity contribution >= 4 is 11.6 Å². The second-order valence-electron chi connectivity index (χ2n) is 7.17. The average molecular weight is 337 g/mol. The third-order valence-corrected chi connectivity index (χ3v) is 5.49. The van der Waals surface area contributed by atoms with Gasteiger partial charge in [0.1, 0.15) is 0 Å². The fraction of sp³-hybridized carbons (Fsp3) is 0.684. The van der Waals surface area contributed by atoms with Gasteiger partial charge >= 0.3 is 0 Å². The van der Waals surface area contributed by atoms with Gasteiger partial charge in [-0.2, -0.15) is 0 Å². The molecule has 1 aromatic carbocycles. The lowest BCUT2D eigenvalue weighted by Crippen LogP contribution is -2.44. The van der Waals surface area contributed by atoms with Crippen molar-refractivity contribution in [1.82, 2.24) is 10.2 Å². The molecule has 2 heterocycles. The van der Waals surface area contributed by atoms with Crippen molar-refractivity contribution in [2.75, 3.05) is 39.4 Å². The van der Waals surface area contributed by atoms with Crippen LogP contribution in [0.2, 0.25) is 5.02 Å². The first kappa shape index (κ1) is 17.2. The predicted octanol–water partition coefficient (Wildman–Crippen LogP) is 3.53. The highest BCUT2D eigenvalue weighted by molar-refractivity contribution is 6.30. The molecule has 2 fully saturated rings. The van der Waals surface area contributed by atoms with E-state index < -0.39 is 0 Å². The van der Waals surface area contributed by atoms with E-state index in [9.17, 15) is 0 Å². The van der Waals surface area contributed by atoms with E-state index in [0.29, 0.717) is 12.0 Å². The smallest absolute Gasteiger partial charge is 0.0507 e. The van der Waals surface area contributed by atoms with Gasteiger partial charge in [0.15, 0.2) is 0 Å². The Morgan fingerprint density at radius 2 is 2.13 bits per heavy atom. The van der Waals surface area contributed by atoms with Gasteiger partial charge in [-0.1, -0.05) is 30.7 Å². The molecule has 2 saturated heterocycles. The van der Waals surface area contributed by atoms with Gasteiger partial charge in [-0.15, -0.1) is 0 Å². The summed E-state index contributed by atoms with van der Waals surface area (Å²) in [5, 5.41) is 4.59. The molecular formula is C19H29ClN2O. The van der Waals surface area contributed by atoms with E-state index in [2.05, 4.69) is 29.3 Å². The number of halogens is 1. The number of rotatable bonds is 6. The van der Waals surface area contributed by atoms with Crippen LogP contribution in [0, 0.1) is 5.92 Å². The Balaban J connectivity index is 1.37. The van der Waals surface area contributed by atoms with Gasteiger partial charge in [0.05, 0.1) is 6.61 Å². The maximum atomic E-state index is 6.09. The molecule has 0 aromatic heterocycles. The number of ether oxygens (including phenoxy) is 1. The summed E-state index contributed by atoms with van der Waals surface area (Å²) in [5.41, 5.74) is 1.32. The zero-order valence-corrected chi connectivity index (χ0v) is 14.9. The summed E-state index contributed by atoms with van der Waals surface area (Å²) in [6.07, 6.45) is 3.76. The molecule has 2 aliphatic rings. The number of nitrogens with one attached hydrogen (secondary N) is 1. The van der Waals surface area contributed by atoms with E-state index in [1.54, 1.807) is 0 Å². The molecule has 0 amide bonds. The first-order valence-corrected chi connectivity index (χ1v) is 9.37. The Hall–Kier alpha value is -0.610. The molecule has 1 aromatic rings. The van der Waals surface area contributed by atoms with Crippen molar-refractivity contribution in [2.24, 2.45) is 5.92 Å². The first-order chi connectivity index (χ1) is 11.2. The number of piperidine rings is 1. The van der Waals surface area contributed by atoms with Crippen LogP contribution in [-0.4, -0.2) is 50.3 Å². The molecule has 128 valence electrons. The Morgan fingerprint density at radius 1 is 1.30 bits per heavy atom. The topological polar surface area (TPSA) is 24.5 Å². The quantitative estimate of drug-likeness (QED) is 0.860. The third kappa shape index (κ3) is 5.18. The Labute approximate surface area is 145 Å². The molecule has 0 aliphatic carbocycles. The average Bonchev–Trinajstić information content (AvgIpc) is 3.07. The van der Waals surface area contributed by atoms with E-state index in [0.717, 1.165) is 30.7 Å². The van der Waals surface area contributed by atoms with Crippen LogP contribution in [0.1, 0.15) is 37.7 Å². The monoisotopic (exact) mass is 336 g/mol. The highest BCUT2D eigenvalue weighted by atomic mass is 35.5. The van der Waals surface area contributed by atoms with Gasteiger partial charge in [-0.05, 0) is 61.9 Å². The largest absolute Gasteiger partial charge is 0.381 e. The fourth-order valence-corrected chi connectivity index (χ4v) is 3.89. The Morgan fingerprint density at radius 3 is 2.83 bits per heavy atom. The first-order valence-electron chi connectivity index (χ1n) is 8.99. The van der Waals surface area contributed by atoms with Crippen molar-refractivity contribution in [1.29, 1.82) is 0 Å². The fourth-order valence-electron chi connectivity index (χ4n) is 3.69. The predicted molar refractivity (Wildman–Crippen MR) is 96.3 cm³/mol. The minimum atomic E-state index is 0.502. The second-order valence-corrected chi connectivity index (χ2v) is 7.61. The van der Waals surface area contributed by atoms with Crippen LogP contribution >= 0.6 is 11.6 Å². The number of benzene rings is 1. The molecule has 2 unspecified atom stereocenters. The summed E-state index contributed by atoms with van der Waals surface area (Å²) in [6.45, 7) is 8.90. The molecule has 3 nitrogen and oxygen atoms in total. The third-order valence-electron chi connectivity index (χ3n) is 5.26. The number of likely N-dealkylation sites (tertiary alicyclic amines) is 1. The van der Waals surface area contributed by atoms with Gasteiger partial charge in [-0.25, -0.2) is 0 Å². The maximum absolute atomic E-state index is 6.09. The van der Waals surface area contributed by atoms with Crippen molar-refractivity contribution in [3.05, 3.63) is 34.9 Å². The number of nitrogens with zero attached hydrogens (tertiary/aromatic N) is 1. The highest BCUT2D eigenvalue weighted by Crippen LogP contribution is 2.20. The molecule has 1 N–H and O–H groups in total. The van der Waals surface area contributed by atoms with E-state index in [-0.39, 0.29) is 0 Å². The maximum Gasteiger partial charge on any atom is 0.0507 e. The van der Waals surface area contributed by atoms with Crippen LogP contribution in [-0.2, 0) is 4.74 Å². The molecule has 0 spiro atoms. The molecule has 0 bridgehead atoms. The SMILES string of the molecule is CC(CNC1CCN(CC2CCOC2)CC1)c1cccc(Cl)c1. The highest BCUT2D eigenvalue weighted by Gasteiger charge is 2.23. The summed E-state index contributed by atoms with van der Waals surface area (Å²) >= 11 is 6.09. The van der Waals surface area contributed by atoms with Crippen molar-refractivity contribution in [3.8, 4) is 0 Å². The lowest BCUT2D eigenvalue weighted by atomic mass is 9.98. The van der Waals surface area contributed by atoms with E-state index in [4.69, 9.17) is 16.3 Å². The van der Waals surface area contributed by atoms with Gasteiger partial charge in [-0.3, -0.25) is 0 Å². The molecule has 0 radical (unpaired) electrons. The normalized spacial score (nSPS) is 24.9. The molecule has 0 saturated carbocycles. The van der Waals surface area contributed by atoms with Crippen LogP contribution in [0.3, 0.4) is 0 Å². The summed E-state index contributed by atoms with van der Waals surface area (Å²) in [5.74, 6) is 1.27. The summed E-state index contributed by atoms with van der Waals surface area (Å²) in [7, 11) is 0. The van der Waals surface area contributed by atoms with Crippen LogP contribution in [0.4, 0.5) is 0 Å². The van der Waals surface area contributed by atoms with Crippen LogP contribution in [0.5, 0.6) is 0 Å². The Kier molecular flexibility index (Phi) is 6.35. The molecule has 4 heteroatoms. The number of hydrogen-bond donors (Lipinski definition) is 1. The summed E-state index contributed by atoms with van der Waals surface area (Å²) in [4.78, 5) is 2.62. The van der Waals surface area contributed by atoms with Gasteiger partial charge in [0.25, 0.3) is 0 Å². The lowest BCUT2D eigenvalue weighted by Gasteiger charge is -2.34. The minimum absolute atomic E-state index is 0.502. The number of hydrogen-bond acceptors (Lipinski definition) is 3. The standard InChI is InChI=1S/C19H29ClN2O/c1-15(17-3-2-4-18(20)11-17)12-21-19-5-8-22(9-6-19)13-16-7-10-23-14-16/h2-4,11,15-16,19,21H,5-10,12-14H2,1H3. The van der Waals surface area contributed by atoms with Crippen LogP contribution in [0.25, 0.3) is 0 Å². The van der Waals surface area contributed by atoms with Crippen molar-refractivity contribution in [3.63, 3.8) is 0 Å². The van der Waals surface area contributed by atoms with Crippen molar-refractivity contribution in [2.45, 2.75) is 38.1 Å². The van der Waals surface area contributed by atoms with E-state index in [1.807, 2.05) is 12.1 Å². The van der Waals surface area contributed by atoms with Gasteiger partial charge in [0.2, 0.25) is 0 Å². The molecule has 2 aliphatic heterocycles. The minimum Gasteiger partial charge on any atom is -0.381 e. The summed E-state index contributed by atoms with van der Waals surface area (Å²) in [6, 6.07) is 8.90. The summed E-state index contributed by atoms with van der Waals surface area (Å²) < 4.78 is 5.49. The zero-order valence-electron chi connectivity index (χ0n) is 14.1. The van der Waals surface area contributed by atoms with E-state index >= 15 is 0 Å². The molecule has 23 heavy (non-hydrogen) atoms. The molecule has 2 atom stereocenters. The lowest BCUT2D eigenvalue weighted by molar-refractivity contribution is 0.147. The van der Waals surface area contributed by atoms with E-state index in [1.165, 1.54) is 44.5 Å². The van der Waals surface area contributed by atoms with Crippen LogP contribution in [0.15, 0.2) is 24.3 Å². The van der Waals surface area contributed by atoms with Gasteiger partial charge < -0.3 is 15.0 Å². The molecular weight excluding hydrogens is 308 g/mol. The van der Waals surface area contributed by atoms with Gasteiger partial charge in [0, 0.05) is 30.8 Å².